The molecule has 1 heterocycles. The molecule has 0 saturated heterocycles. The summed E-state index contributed by atoms with van der Waals surface area (Å²) in [5.74, 6) is -0.167. The van der Waals surface area contributed by atoms with Gasteiger partial charge in [0.2, 0.25) is 0 Å². The molecule has 1 aromatic rings. The van der Waals surface area contributed by atoms with Crippen LogP contribution in [0.25, 0.3) is 0 Å². The molecule has 108 valence electrons. The van der Waals surface area contributed by atoms with Crippen LogP contribution in [0.2, 0.25) is 0 Å². The number of ether oxygens (including phenoxy) is 1. The van der Waals surface area contributed by atoms with Crippen molar-refractivity contribution in [3.8, 4) is 0 Å². The summed E-state index contributed by atoms with van der Waals surface area (Å²) in [6.45, 7) is 11.0. The van der Waals surface area contributed by atoms with Crippen LogP contribution in [0.4, 0.5) is 0 Å². The van der Waals surface area contributed by atoms with Crippen molar-refractivity contribution in [2.45, 2.75) is 53.2 Å². The maximum atomic E-state index is 11.5. The van der Waals surface area contributed by atoms with Crippen molar-refractivity contribution in [2.24, 2.45) is 7.05 Å². The molecule has 1 aromatic heterocycles. The Morgan fingerprint density at radius 1 is 1.37 bits per heavy atom. The monoisotopic (exact) mass is 267 g/mol. The topological polar surface area (TPSA) is 56.2 Å². The van der Waals surface area contributed by atoms with Crippen LogP contribution in [0.1, 0.15) is 44.1 Å². The lowest BCUT2D eigenvalue weighted by Crippen LogP contribution is -2.26. The molecule has 0 aliphatic rings. The summed E-state index contributed by atoms with van der Waals surface area (Å²) in [5.41, 5.74) is 2.98. The lowest BCUT2D eigenvalue weighted by Gasteiger charge is -2.19. The number of hydrogen-bond acceptors (Lipinski definition) is 4. The van der Waals surface area contributed by atoms with Crippen molar-refractivity contribution in [3.63, 3.8) is 0 Å². The van der Waals surface area contributed by atoms with E-state index in [0.29, 0.717) is 13.0 Å². The first-order valence-electron chi connectivity index (χ1n) is 6.62. The molecular formula is C14H25N3O2. The van der Waals surface area contributed by atoms with Gasteiger partial charge < -0.3 is 10.1 Å². The van der Waals surface area contributed by atoms with Crippen molar-refractivity contribution < 1.29 is 9.53 Å². The standard InChI is InChI=1S/C14H25N3O2/c1-10-12(11(2)17(6)16-10)9-15-8-7-13(18)19-14(3,4)5/h15H,7-9H2,1-6H3. The van der Waals surface area contributed by atoms with E-state index in [2.05, 4.69) is 10.4 Å². The van der Waals surface area contributed by atoms with Gasteiger partial charge in [-0.1, -0.05) is 0 Å². The fourth-order valence-corrected chi connectivity index (χ4v) is 1.87. The quantitative estimate of drug-likeness (QED) is 0.653. The van der Waals surface area contributed by atoms with Gasteiger partial charge in [-0.05, 0) is 34.6 Å². The van der Waals surface area contributed by atoms with Crippen LogP contribution in [-0.2, 0) is 23.1 Å². The normalized spacial score (nSPS) is 11.7. The van der Waals surface area contributed by atoms with E-state index < -0.39 is 5.60 Å². The van der Waals surface area contributed by atoms with Gasteiger partial charge in [0.05, 0.1) is 12.1 Å². The molecule has 0 spiro atoms. The van der Waals surface area contributed by atoms with Gasteiger partial charge >= 0.3 is 5.97 Å². The zero-order valence-electron chi connectivity index (χ0n) is 12.8. The summed E-state index contributed by atoms with van der Waals surface area (Å²) in [5, 5.41) is 7.62. The van der Waals surface area contributed by atoms with Crippen LogP contribution < -0.4 is 5.32 Å². The Labute approximate surface area is 115 Å². The van der Waals surface area contributed by atoms with E-state index in [-0.39, 0.29) is 5.97 Å². The third-order valence-electron chi connectivity index (χ3n) is 2.89. The molecule has 0 unspecified atom stereocenters. The van der Waals surface area contributed by atoms with E-state index in [4.69, 9.17) is 4.74 Å². The Morgan fingerprint density at radius 2 is 2.00 bits per heavy atom. The molecule has 0 radical (unpaired) electrons. The number of aromatic nitrogens is 2. The van der Waals surface area contributed by atoms with E-state index >= 15 is 0 Å². The van der Waals surface area contributed by atoms with E-state index in [1.165, 1.54) is 5.56 Å². The zero-order chi connectivity index (χ0) is 14.6. The lowest BCUT2D eigenvalue weighted by molar-refractivity contribution is -0.154. The molecule has 0 atom stereocenters. The molecule has 0 aromatic carbocycles. The second-order valence-electron chi connectivity index (χ2n) is 5.79. The average molecular weight is 267 g/mol. The van der Waals surface area contributed by atoms with Gasteiger partial charge in [-0.3, -0.25) is 9.48 Å². The predicted octanol–water partition coefficient (Wildman–Crippen LogP) is 1.86. The molecule has 0 aliphatic heterocycles. The molecule has 1 N–H and O–H groups in total. The fraction of sp³-hybridized carbons (Fsp3) is 0.714. The highest BCUT2D eigenvalue weighted by Gasteiger charge is 2.15. The van der Waals surface area contributed by atoms with Gasteiger partial charge in [0.25, 0.3) is 0 Å². The van der Waals surface area contributed by atoms with E-state index in [1.54, 1.807) is 0 Å². The first-order valence-corrected chi connectivity index (χ1v) is 6.62. The largest absolute Gasteiger partial charge is 0.460 e. The highest BCUT2D eigenvalue weighted by atomic mass is 16.6. The molecular weight excluding hydrogens is 242 g/mol. The molecule has 1 rings (SSSR count). The van der Waals surface area contributed by atoms with E-state index in [0.717, 1.165) is 17.9 Å². The molecule has 5 nitrogen and oxygen atoms in total. The van der Waals surface area contributed by atoms with Crippen molar-refractivity contribution in [1.82, 2.24) is 15.1 Å². The number of carbonyl (C=O) groups excluding carboxylic acids is 1. The SMILES string of the molecule is Cc1nn(C)c(C)c1CNCCC(=O)OC(C)(C)C. The molecule has 5 heteroatoms. The Kier molecular flexibility index (Phi) is 5.11. The Bertz CT molecular complexity index is 444. The summed E-state index contributed by atoms with van der Waals surface area (Å²) < 4.78 is 7.12. The number of nitrogens with zero attached hydrogens (tertiary/aromatic N) is 2. The summed E-state index contributed by atoms with van der Waals surface area (Å²) in [7, 11) is 1.94. The van der Waals surface area contributed by atoms with Gasteiger partial charge in [0.15, 0.2) is 0 Å². The number of rotatable bonds is 5. The van der Waals surface area contributed by atoms with Crippen molar-refractivity contribution in [3.05, 3.63) is 17.0 Å². The summed E-state index contributed by atoms with van der Waals surface area (Å²) >= 11 is 0. The fourth-order valence-electron chi connectivity index (χ4n) is 1.87. The smallest absolute Gasteiger partial charge is 0.307 e. The maximum absolute atomic E-state index is 11.5. The third kappa shape index (κ3) is 5.03. The van der Waals surface area contributed by atoms with Crippen LogP contribution in [-0.4, -0.2) is 27.9 Å². The van der Waals surface area contributed by atoms with Gasteiger partial charge in [0.1, 0.15) is 5.60 Å². The summed E-state index contributed by atoms with van der Waals surface area (Å²) in [6, 6.07) is 0. The minimum Gasteiger partial charge on any atom is -0.460 e. The van der Waals surface area contributed by atoms with Crippen LogP contribution in [0.15, 0.2) is 0 Å². The molecule has 0 fully saturated rings. The van der Waals surface area contributed by atoms with Gasteiger partial charge in [-0.15, -0.1) is 0 Å². The second kappa shape index (κ2) is 6.19. The number of aryl methyl sites for hydroxylation is 2. The molecule has 0 aliphatic carbocycles. The Balaban J connectivity index is 2.33. The van der Waals surface area contributed by atoms with Crippen LogP contribution in [0.3, 0.4) is 0 Å². The first kappa shape index (κ1) is 15.7. The first-order chi connectivity index (χ1) is 8.70. The van der Waals surface area contributed by atoms with E-state index in [1.807, 2.05) is 46.3 Å². The van der Waals surface area contributed by atoms with Gasteiger partial charge in [0, 0.05) is 31.4 Å². The predicted molar refractivity (Wildman–Crippen MR) is 74.9 cm³/mol. The van der Waals surface area contributed by atoms with Crippen molar-refractivity contribution in [2.75, 3.05) is 6.54 Å². The van der Waals surface area contributed by atoms with Crippen LogP contribution >= 0.6 is 0 Å². The molecule has 0 bridgehead atoms. The maximum Gasteiger partial charge on any atom is 0.307 e. The second-order valence-corrected chi connectivity index (χ2v) is 5.79. The number of esters is 1. The lowest BCUT2D eigenvalue weighted by atomic mass is 10.2. The Morgan fingerprint density at radius 3 is 2.47 bits per heavy atom. The molecule has 19 heavy (non-hydrogen) atoms. The summed E-state index contributed by atoms with van der Waals surface area (Å²) in [6.07, 6.45) is 0.385. The number of hydrogen-bond donors (Lipinski definition) is 1. The highest BCUT2D eigenvalue weighted by Crippen LogP contribution is 2.11. The van der Waals surface area contributed by atoms with Crippen LogP contribution in [0, 0.1) is 13.8 Å². The van der Waals surface area contributed by atoms with Crippen molar-refractivity contribution in [1.29, 1.82) is 0 Å². The Hall–Kier alpha value is -1.36. The van der Waals surface area contributed by atoms with E-state index in [9.17, 15) is 4.79 Å². The minimum absolute atomic E-state index is 0.167. The average Bonchev–Trinajstić information content (AvgIpc) is 2.47. The van der Waals surface area contributed by atoms with Crippen LogP contribution in [0.5, 0.6) is 0 Å². The zero-order valence-corrected chi connectivity index (χ0v) is 12.8. The van der Waals surface area contributed by atoms with Gasteiger partial charge in [-0.2, -0.15) is 5.10 Å². The highest BCUT2D eigenvalue weighted by molar-refractivity contribution is 5.70. The molecule has 0 saturated carbocycles. The molecule has 0 amide bonds. The number of carbonyl (C=O) groups is 1. The summed E-state index contributed by atoms with van der Waals surface area (Å²) in [4.78, 5) is 11.5. The van der Waals surface area contributed by atoms with Crippen molar-refractivity contribution >= 4 is 5.97 Å². The third-order valence-corrected chi connectivity index (χ3v) is 2.89. The van der Waals surface area contributed by atoms with Gasteiger partial charge in [-0.25, -0.2) is 0 Å². The minimum atomic E-state index is -0.409. The number of nitrogens with one attached hydrogen (secondary N) is 1.